The van der Waals surface area contributed by atoms with Gasteiger partial charge in [0.05, 0.1) is 12.2 Å². The molecule has 13 nitrogen and oxygen atoms in total. The van der Waals surface area contributed by atoms with Crippen LogP contribution >= 0.6 is 0 Å². The Labute approximate surface area is 386 Å². The number of nitrogens with one attached hydrogen (secondary N) is 5. The van der Waals surface area contributed by atoms with Crippen molar-refractivity contribution in [1.82, 2.24) is 25.4 Å². The third-order valence-corrected chi connectivity index (χ3v) is 11.2. The Morgan fingerprint density at radius 3 is 1.86 bits per heavy atom. The van der Waals surface area contributed by atoms with Crippen LogP contribution in [-0.4, -0.2) is 75.9 Å². The van der Waals surface area contributed by atoms with E-state index < -0.39 is 41.7 Å². The summed E-state index contributed by atoms with van der Waals surface area (Å²) in [5, 5.41) is 11.8. The van der Waals surface area contributed by atoms with Crippen LogP contribution < -0.4 is 21.3 Å². The van der Waals surface area contributed by atoms with Crippen LogP contribution in [0.5, 0.6) is 0 Å². The number of hydrogen-bond acceptors (Lipinski definition) is 6. The zero-order chi connectivity index (χ0) is 47.8. The zero-order valence-corrected chi connectivity index (χ0v) is 38.9. The number of carbonyl (C=O) groups is 6. The molecular formula is C52H62FN7O6. The Hall–Kier alpha value is -6.83. The Bertz CT molecular complexity index is 2530. The van der Waals surface area contributed by atoms with Gasteiger partial charge in [-0.2, -0.15) is 0 Å². The van der Waals surface area contributed by atoms with Crippen LogP contribution in [0.1, 0.15) is 104 Å². The van der Waals surface area contributed by atoms with Gasteiger partial charge in [-0.3, -0.25) is 28.8 Å². The van der Waals surface area contributed by atoms with Crippen molar-refractivity contribution >= 4 is 57.7 Å². The van der Waals surface area contributed by atoms with Crippen LogP contribution in [0, 0.1) is 16.6 Å². The summed E-state index contributed by atoms with van der Waals surface area (Å²) in [6, 6.07) is 26.7. The SMILES string of the molecule is CCCN(CC(=O)Nc1ccc(-c2[nH]c3ccc(NC(=O)[C@@H]4CCCN4C(=O)[C@@H](NC(=O)CC(C)(C)C)c4ccccc4)cc3c2F)cc1)C(=O)[C@@H](NC(=O)CC(C)(C)C)c1ccccc1. The Balaban J connectivity index is 1.11. The number of likely N-dealkylation sites (tertiary alicyclic amines) is 1. The Kier molecular flexibility index (Phi) is 15.5. The molecule has 1 aliphatic heterocycles. The van der Waals surface area contributed by atoms with Crippen molar-refractivity contribution < 1.29 is 33.2 Å². The summed E-state index contributed by atoms with van der Waals surface area (Å²) >= 11 is 0. The molecule has 0 radical (unpaired) electrons. The molecule has 5 aromatic rings. The van der Waals surface area contributed by atoms with Crippen molar-refractivity contribution in [1.29, 1.82) is 0 Å². The highest BCUT2D eigenvalue weighted by atomic mass is 19.1. The predicted octanol–water partition coefficient (Wildman–Crippen LogP) is 8.67. The van der Waals surface area contributed by atoms with Gasteiger partial charge in [0.25, 0.3) is 0 Å². The average molecular weight is 900 g/mol. The van der Waals surface area contributed by atoms with E-state index in [0.29, 0.717) is 65.9 Å². The molecule has 0 bridgehead atoms. The number of aromatic amines is 1. The molecule has 0 unspecified atom stereocenters. The first kappa shape index (κ1) is 48.6. The number of halogens is 1. The highest BCUT2D eigenvalue weighted by molar-refractivity contribution is 6.01. The van der Waals surface area contributed by atoms with E-state index in [1.807, 2.05) is 60.6 Å². The molecule has 0 aliphatic carbocycles. The number of carbonyl (C=O) groups excluding carboxylic acids is 6. The molecule has 66 heavy (non-hydrogen) atoms. The van der Waals surface area contributed by atoms with Gasteiger partial charge in [-0.25, -0.2) is 4.39 Å². The molecule has 2 heterocycles. The molecule has 0 saturated carbocycles. The van der Waals surface area contributed by atoms with E-state index in [1.165, 1.54) is 9.80 Å². The lowest BCUT2D eigenvalue weighted by Gasteiger charge is -2.29. The monoisotopic (exact) mass is 899 g/mol. The van der Waals surface area contributed by atoms with Crippen molar-refractivity contribution in [2.45, 2.75) is 98.7 Å². The predicted molar refractivity (Wildman–Crippen MR) is 255 cm³/mol. The van der Waals surface area contributed by atoms with E-state index in [4.69, 9.17) is 0 Å². The van der Waals surface area contributed by atoms with Gasteiger partial charge < -0.3 is 36.1 Å². The Morgan fingerprint density at radius 2 is 1.29 bits per heavy atom. The second kappa shape index (κ2) is 21.0. The van der Waals surface area contributed by atoms with Crippen molar-refractivity contribution in [3.8, 4) is 11.3 Å². The summed E-state index contributed by atoms with van der Waals surface area (Å²) in [5.41, 5.74) is 2.66. The number of nitrogens with zero attached hydrogens (tertiary/aromatic N) is 2. The molecule has 1 aromatic heterocycles. The molecule has 5 N–H and O–H groups in total. The van der Waals surface area contributed by atoms with Crippen molar-refractivity contribution in [2.75, 3.05) is 30.3 Å². The van der Waals surface area contributed by atoms with E-state index in [0.717, 1.165) is 0 Å². The average Bonchev–Trinajstić information content (AvgIpc) is 3.89. The van der Waals surface area contributed by atoms with Crippen molar-refractivity contribution in [3.63, 3.8) is 0 Å². The third kappa shape index (κ3) is 12.7. The minimum Gasteiger partial charge on any atom is -0.352 e. The number of benzene rings is 4. The fourth-order valence-electron chi connectivity index (χ4n) is 8.20. The van der Waals surface area contributed by atoms with Gasteiger partial charge in [-0.05, 0) is 71.6 Å². The largest absolute Gasteiger partial charge is 0.352 e. The van der Waals surface area contributed by atoms with Crippen LogP contribution in [0.2, 0.25) is 0 Å². The van der Waals surface area contributed by atoms with E-state index in [9.17, 15) is 28.8 Å². The van der Waals surface area contributed by atoms with E-state index in [2.05, 4.69) is 26.3 Å². The maximum atomic E-state index is 16.1. The van der Waals surface area contributed by atoms with E-state index in [-0.39, 0.29) is 59.0 Å². The lowest BCUT2D eigenvalue weighted by atomic mass is 9.91. The Morgan fingerprint density at radius 1 is 0.727 bits per heavy atom. The van der Waals surface area contributed by atoms with E-state index >= 15 is 4.39 Å². The van der Waals surface area contributed by atoms with Crippen LogP contribution in [0.4, 0.5) is 15.8 Å². The molecule has 6 rings (SSSR count). The number of hydrogen-bond donors (Lipinski definition) is 5. The number of rotatable bonds is 16. The topological polar surface area (TPSA) is 173 Å². The standard InChI is InChI=1S/C52H62FN7O6/c1-8-27-59(49(65)46(33-16-11-9-12-17-33)57-41(61)30-51(2,3)4)32-43(63)54-36-23-21-35(22-24-36)45-44(53)38-29-37(25-26-39(38)56-45)55-48(64)40-20-15-28-60(40)50(66)47(34-18-13-10-14-19-34)58-42(62)31-52(5,6)7/h9-14,16-19,21-26,29,40,46-47,56H,8,15,20,27-28,30-32H2,1-7H3,(H,54,63)(H,55,64)(H,57,61)(H,58,62)/t40-,46-,47-/m0/s1. The lowest BCUT2D eigenvalue weighted by molar-refractivity contribution is -0.140. The summed E-state index contributed by atoms with van der Waals surface area (Å²) in [5.74, 6) is -2.68. The second-order valence-electron chi connectivity index (χ2n) is 19.4. The zero-order valence-electron chi connectivity index (χ0n) is 38.9. The summed E-state index contributed by atoms with van der Waals surface area (Å²) in [4.78, 5) is 87.4. The van der Waals surface area contributed by atoms with E-state index in [1.54, 1.807) is 91.0 Å². The van der Waals surface area contributed by atoms with Gasteiger partial charge in [0, 0.05) is 53.8 Å². The molecule has 3 atom stereocenters. The molecule has 14 heteroatoms. The summed E-state index contributed by atoms with van der Waals surface area (Å²) in [6.07, 6.45) is 2.06. The van der Waals surface area contributed by atoms with Crippen LogP contribution in [0.3, 0.4) is 0 Å². The second-order valence-corrected chi connectivity index (χ2v) is 19.4. The first-order valence-electron chi connectivity index (χ1n) is 22.6. The van der Waals surface area contributed by atoms with Gasteiger partial charge in [-0.15, -0.1) is 0 Å². The van der Waals surface area contributed by atoms with Gasteiger partial charge in [0.2, 0.25) is 35.4 Å². The number of aromatic nitrogens is 1. The molecule has 0 spiro atoms. The number of fused-ring (bicyclic) bond motifs is 1. The summed E-state index contributed by atoms with van der Waals surface area (Å²) in [7, 11) is 0. The quantitative estimate of drug-likeness (QED) is 0.0663. The highest BCUT2D eigenvalue weighted by Gasteiger charge is 2.39. The molecule has 1 aliphatic rings. The van der Waals surface area contributed by atoms with Crippen LogP contribution in [0.15, 0.2) is 103 Å². The van der Waals surface area contributed by atoms with Crippen LogP contribution in [-0.2, 0) is 28.8 Å². The maximum Gasteiger partial charge on any atom is 0.250 e. The van der Waals surface area contributed by atoms with Crippen molar-refractivity contribution in [3.05, 3.63) is 120 Å². The van der Waals surface area contributed by atoms with Gasteiger partial charge in [-0.1, -0.05) is 121 Å². The lowest BCUT2D eigenvalue weighted by Crippen LogP contribution is -2.49. The van der Waals surface area contributed by atoms with Crippen molar-refractivity contribution in [2.24, 2.45) is 10.8 Å². The molecular weight excluding hydrogens is 838 g/mol. The molecule has 1 saturated heterocycles. The normalized spacial score (nSPS) is 14.8. The third-order valence-electron chi connectivity index (χ3n) is 11.2. The fraction of sp³-hybridized carbons (Fsp3) is 0.385. The number of H-pyrrole nitrogens is 1. The van der Waals surface area contributed by atoms with Gasteiger partial charge in [0.15, 0.2) is 5.82 Å². The molecule has 6 amide bonds. The van der Waals surface area contributed by atoms with Gasteiger partial charge in [0.1, 0.15) is 18.1 Å². The minimum absolute atomic E-state index is 0.208. The maximum absolute atomic E-state index is 16.1. The minimum atomic E-state index is -0.968. The van der Waals surface area contributed by atoms with Gasteiger partial charge >= 0.3 is 0 Å². The smallest absolute Gasteiger partial charge is 0.250 e. The molecule has 1 fully saturated rings. The first-order chi connectivity index (χ1) is 31.3. The number of anilines is 2. The fourth-order valence-corrected chi connectivity index (χ4v) is 8.20. The van der Waals surface area contributed by atoms with Crippen LogP contribution in [0.25, 0.3) is 22.2 Å². The molecule has 348 valence electrons. The summed E-state index contributed by atoms with van der Waals surface area (Å²) in [6.45, 7) is 14.0. The first-order valence-corrected chi connectivity index (χ1v) is 22.6. The number of amides is 6. The highest BCUT2D eigenvalue weighted by Crippen LogP contribution is 2.33. The summed E-state index contributed by atoms with van der Waals surface area (Å²) < 4.78 is 16.1. The molecule has 4 aromatic carbocycles.